The Balaban J connectivity index is 1.59. The number of nitrogens with one attached hydrogen (secondary N) is 1. The van der Waals surface area contributed by atoms with E-state index in [2.05, 4.69) is 35.6 Å². The van der Waals surface area contributed by atoms with Crippen molar-refractivity contribution in [1.82, 2.24) is 24.7 Å². The highest BCUT2D eigenvalue weighted by Crippen LogP contribution is 2.41. The number of phenols is 1. The van der Waals surface area contributed by atoms with Gasteiger partial charge in [0.05, 0.1) is 11.8 Å². The summed E-state index contributed by atoms with van der Waals surface area (Å²) in [6, 6.07) is 10.4. The number of aromatic nitrogens is 5. The minimum Gasteiger partial charge on any atom is -0.505 e. The van der Waals surface area contributed by atoms with Crippen LogP contribution >= 0.6 is 0 Å². The lowest BCUT2D eigenvalue weighted by Crippen LogP contribution is -2.14. The van der Waals surface area contributed by atoms with Gasteiger partial charge in [0.25, 0.3) is 11.9 Å². The van der Waals surface area contributed by atoms with E-state index in [0.717, 1.165) is 17.5 Å². The molecule has 1 aliphatic carbocycles. The van der Waals surface area contributed by atoms with Gasteiger partial charge >= 0.3 is 0 Å². The van der Waals surface area contributed by atoms with Crippen LogP contribution in [0, 0.1) is 11.3 Å². The molecular formula is C24H17N9O2. The first kappa shape index (κ1) is 21.6. The summed E-state index contributed by atoms with van der Waals surface area (Å²) in [6.45, 7) is 0. The fraction of sp³-hybridized carbons (Fsp3) is 0.0833. The molecule has 3 aromatic heterocycles. The van der Waals surface area contributed by atoms with Crippen LogP contribution in [0.1, 0.15) is 33.5 Å². The van der Waals surface area contributed by atoms with Crippen molar-refractivity contribution >= 4 is 29.3 Å². The van der Waals surface area contributed by atoms with Crippen molar-refractivity contribution in [2.75, 3.05) is 5.32 Å². The summed E-state index contributed by atoms with van der Waals surface area (Å²) in [5.41, 5.74) is 1.80. The number of phenolic OH excluding ortho intramolecular Hbond substituents is 1. The van der Waals surface area contributed by atoms with E-state index < -0.39 is 5.91 Å². The molecule has 3 heterocycles. The van der Waals surface area contributed by atoms with Gasteiger partial charge in [-0.2, -0.15) is 15.0 Å². The molecule has 0 unspecified atom stereocenters. The van der Waals surface area contributed by atoms with Gasteiger partial charge in [0.1, 0.15) is 23.1 Å². The SMILES string of the molecule is N#Cc1cnn(-c2ncccn2)c1N=Nc1c(O)c(C(=O)Nc2ccccn2)cc2c1CCC=C2. The second-order valence-corrected chi connectivity index (χ2v) is 7.45. The topological polar surface area (TPSA) is 154 Å². The van der Waals surface area contributed by atoms with Crippen molar-refractivity contribution in [2.24, 2.45) is 10.2 Å². The first-order valence-corrected chi connectivity index (χ1v) is 10.6. The van der Waals surface area contributed by atoms with E-state index in [1.807, 2.05) is 18.2 Å². The first-order chi connectivity index (χ1) is 17.2. The van der Waals surface area contributed by atoms with Gasteiger partial charge in [0.2, 0.25) is 0 Å². The summed E-state index contributed by atoms with van der Waals surface area (Å²) >= 11 is 0. The number of hydrogen-bond donors (Lipinski definition) is 2. The van der Waals surface area contributed by atoms with Gasteiger partial charge in [-0.25, -0.2) is 15.0 Å². The molecule has 0 saturated carbocycles. The molecule has 0 bridgehead atoms. The molecule has 0 spiro atoms. The Labute approximate surface area is 199 Å². The van der Waals surface area contributed by atoms with Crippen LogP contribution in [0.3, 0.4) is 0 Å². The van der Waals surface area contributed by atoms with Crippen LogP contribution < -0.4 is 5.32 Å². The van der Waals surface area contributed by atoms with Gasteiger partial charge in [-0.15, -0.1) is 10.2 Å². The van der Waals surface area contributed by atoms with Gasteiger partial charge in [-0.05, 0) is 48.2 Å². The molecule has 0 aliphatic heterocycles. The first-order valence-electron chi connectivity index (χ1n) is 10.6. The Morgan fingerprint density at radius 1 is 1.14 bits per heavy atom. The minimum absolute atomic E-state index is 0.0234. The Kier molecular flexibility index (Phi) is 5.75. The Morgan fingerprint density at radius 2 is 1.97 bits per heavy atom. The highest BCUT2D eigenvalue weighted by atomic mass is 16.3. The lowest BCUT2D eigenvalue weighted by atomic mass is 9.92. The third kappa shape index (κ3) is 4.23. The van der Waals surface area contributed by atoms with E-state index in [1.54, 1.807) is 36.5 Å². The van der Waals surface area contributed by atoms with Crippen molar-refractivity contribution in [3.05, 3.63) is 83.4 Å². The lowest BCUT2D eigenvalue weighted by Gasteiger charge is -2.17. The van der Waals surface area contributed by atoms with Crippen LogP contribution in [0.5, 0.6) is 5.75 Å². The number of carbonyl (C=O) groups is 1. The Hall–Kier alpha value is -5.24. The zero-order chi connectivity index (χ0) is 24.2. The normalized spacial score (nSPS) is 12.3. The van der Waals surface area contributed by atoms with Crippen LogP contribution in [0.25, 0.3) is 12.0 Å². The summed E-state index contributed by atoms with van der Waals surface area (Å²) < 4.78 is 1.28. The fourth-order valence-corrected chi connectivity index (χ4v) is 3.63. The second kappa shape index (κ2) is 9.32. The predicted octanol–water partition coefficient (Wildman–Crippen LogP) is 4.26. The average Bonchev–Trinajstić information content (AvgIpc) is 3.32. The molecule has 5 rings (SSSR count). The Morgan fingerprint density at radius 3 is 2.74 bits per heavy atom. The standard InChI is InChI=1S/C24H17N9O2/c25-13-16-14-29-33(24-27-10-5-11-28-24)22(16)32-31-20-17-7-2-1-6-15(17)12-18(21(20)34)23(35)30-19-8-3-4-9-26-19/h1,3-6,8-12,14,34H,2,7H2,(H,26,30,35). The van der Waals surface area contributed by atoms with E-state index in [9.17, 15) is 15.2 Å². The highest BCUT2D eigenvalue weighted by molar-refractivity contribution is 6.07. The van der Waals surface area contributed by atoms with E-state index >= 15 is 0 Å². The molecule has 2 N–H and O–H groups in total. The number of carbonyl (C=O) groups excluding carboxylic acids is 1. The van der Waals surface area contributed by atoms with Crippen LogP contribution in [-0.2, 0) is 6.42 Å². The number of aromatic hydroxyl groups is 1. The van der Waals surface area contributed by atoms with E-state index in [1.165, 1.54) is 23.3 Å². The van der Waals surface area contributed by atoms with Crippen molar-refractivity contribution in [2.45, 2.75) is 12.8 Å². The molecule has 1 aromatic carbocycles. The van der Waals surface area contributed by atoms with Gasteiger partial charge < -0.3 is 10.4 Å². The van der Waals surface area contributed by atoms with Gasteiger partial charge in [-0.1, -0.05) is 18.2 Å². The number of azo groups is 1. The number of benzene rings is 1. The Bertz CT molecular complexity index is 1500. The zero-order valence-electron chi connectivity index (χ0n) is 18.2. The molecule has 170 valence electrons. The molecule has 0 atom stereocenters. The number of fused-ring (bicyclic) bond motifs is 1. The maximum atomic E-state index is 13.0. The van der Waals surface area contributed by atoms with Crippen molar-refractivity contribution in [3.63, 3.8) is 0 Å². The maximum absolute atomic E-state index is 13.0. The summed E-state index contributed by atoms with van der Waals surface area (Å²) in [6.07, 6.45) is 11.2. The smallest absolute Gasteiger partial charge is 0.260 e. The number of pyridine rings is 1. The average molecular weight is 463 g/mol. The largest absolute Gasteiger partial charge is 0.505 e. The number of allylic oxidation sites excluding steroid dienone is 1. The van der Waals surface area contributed by atoms with Crippen molar-refractivity contribution in [3.8, 4) is 17.8 Å². The molecular weight excluding hydrogens is 446 g/mol. The predicted molar refractivity (Wildman–Crippen MR) is 126 cm³/mol. The number of nitriles is 1. The molecule has 0 radical (unpaired) electrons. The number of amides is 1. The molecule has 1 aliphatic rings. The highest BCUT2D eigenvalue weighted by Gasteiger charge is 2.23. The monoisotopic (exact) mass is 463 g/mol. The second-order valence-electron chi connectivity index (χ2n) is 7.45. The van der Waals surface area contributed by atoms with E-state index in [0.29, 0.717) is 12.2 Å². The van der Waals surface area contributed by atoms with Crippen LogP contribution in [0.4, 0.5) is 17.3 Å². The van der Waals surface area contributed by atoms with E-state index in [-0.39, 0.29) is 34.3 Å². The molecule has 11 nitrogen and oxygen atoms in total. The number of anilines is 1. The molecule has 11 heteroatoms. The molecule has 4 aromatic rings. The van der Waals surface area contributed by atoms with Crippen molar-refractivity contribution in [1.29, 1.82) is 5.26 Å². The van der Waals surface area contributed by atoms with Gasteiger partial charge in [0.15, 0.2) is 11.6 Å². The minimum atomic E-state index is -0.542. The zero-order valence-corrected chi connectivity index (χ0v) is 18.2. The third-order valence-corrected chi connectivity index (χ3v) is 5.27. The summed E-state index contributed by atoms with van der Waals surface area (Å²) in [4.78, 5) is 25.3. The summed E-state index contributed by atoms with van der Waals surface area (Å²) in [7, 11) is 0. The molecule has 1 amide bonds. The van der Waals surface area contributed by atoms with Crippen LogP contribution in [0.15, 0.2) is 71.4 Å². The van der Waals surface area contributed by atoms with E-state index in [4.69, 9.17) is 0 Å². The lowest BCUT2D eigenvalue weighted by molar-refractivity contribution is 0.102. The quantitative estimate of drug-likeness (QED) is 0.419. The van der Waals surface area contributed by atoms with Crippen LogP contribution in [0.2, 0.25) is 0 Å². The third-order valence-electron chi connectivity index (χ3n) is 5.27. The van der Waals surface area contributed by atoms with Gasteiger partial charge in [-0.3, -0.25) is 4.79 Å². The fourth-order valence-electron chi connectivity index (χ4n) is 3.63. The molecule has 35 heavy (non-hydrogen) atoms. The molecule has 0 saturated heterocycles. The van der Waals surface area contributed by atoms with Gasteiger partial charge in [0, 0.05) is 18.6 Å². The summed E-state index contributed by atoms with van der Waals surface area (Å²) in [5, 5.41) is 35.9. The summed E-state index contributed by atoms with van der Waals surface area (Å²) in [5.74, 6) is -0.211. The number of hydrogen-bond acceptors (Lipinski definition) is 9. The maximum Gasteiger partial charge on any atom is 0.260 e. The van der Waals surface area contributed by atoms with Crippen LogP contribution in [-0.4, -0.2) is 35.7 Å². The number of rotatable bonds is 5. The van der Waals surface area contributed by atoms with Crippen molar-refractivity contribution < 1.29 is 9.90 Å². The number of nitrogens with zero attached hydrogens (tertiary/aromatic N) is 8. The molecule has 0 fully saturated rings.